The smallest absolute Gasteiger partial charge is 0.247 e. The van der Waals surface area contributed by atoms with Gasteiger partial charge in [-0.1, -0.05) is 56.1 Å². The molecule has 4 rings (SSSR count). The highest BCUT2D eigenvalue weighted by Gasteiger charge is 2.34. The average molecular weight is 479 g/mol. The molecule has 0 spiro atoms. The van der Waals surface area contributed by atoms with Gasteiger partial charge in [0.15, 0.2) is 5.69 Å². The number of hydrogen-bond donors (Lipinski definition) is 0. The minimum atomic E-state index is -0.705. The quantitative estimate of drug-likeness (QED) is 0.291. The third kappa shape index (κ3) is 5.01. The molecule has 2 aromatic carbocycles. The van der Waals surface area contributed by atoms with Gasteiger partial charge in [0.25, 0.3) is 0 Å². The molecule has 0 bridgehead atoms. The zero-order valence-electron chi connectivity index (χ0n) is 20.1. The summed E-state index contributed by atoms with van der Waals surface area (Å²) in [5.41, 5.74) is 3.78. The second kappa shape index (κ2) is 10.9. The second-order valence-corrected chi connectivity index (χ2v) is 9.32. The van der Waals surface area contributed by atoms with E-state index in [-0.39, 0.29) is 5.91 Å². The van der Waals surface area contributed by atoms with Gasteiger partial charge >= 0.3 is 0 Å². The van der Waals surface area contributed by atoms with Crippen LogP contribution in [0.5, 0.6) is 11.6 Å². The van der Waals surface area contributed by atoms with Crippen molar-refractivity contribution in [2.45, 2.75) is 57.8 Å². The number of aromatic nitrogens is 3. The van der Waals surface area contributed by atoms with Crippen LogP contribution in [0.15, 0.2) is 47.6 Å². The van der Waals surface area contributed by atoms with Crippen molar-refractivity contribution in [2.24, 2.45) is 0 Å². The number of thioether (sulfide) groups is 1. The molecule has 1 aromatic heterocycles. The summed E-state index contributed by atoms with van der Waals surface area (Å²) in [6.45, 7) is 5.71. The molecule has 1 atom stereocenters. The van der Waals surface area contributed by atoms with Gasteiger partial charge in [-0.2, -0.15) is 4.98 Å². The molecule has 1 amide bonds. The minimum Gasteiger partial charge on any atom is -0.496 e. The summed E-state index contributed by atoms with van der Waals surface area (Å²) < 4.78 is 11.9. The van der Waals surface area contributed by atoms with Crippen LogP contribution in [0.2, 0.25) is 0 Å². The van der Waals surface area contributed by atoms with Crippen molar-refractivity contribution in [3.8, 4) is 22.9 Å². The number of nitrogens with zero attached hydrogens (tertiary/aromatic N) is 4. The summed E-state index contributed by atoms with van der Waals surface area (Å²) in [4.78, 5) is 19.3. The van der Waals surface area contributed by atoms with Crippen molar-refractivity contribution in [2.75, 3.05) is 17.8 Å². The topological polar surface area (TPSA) is 77.4 Å². The molecule has 7 nitrogen and oxygen atoms in total. The number of carbonyl (C=O) groups excluding carboxylic acids is 1. The van der Waals surface area contributed by atoms with Crippen LogP contribution in [0.25, 0.3) is 11.3 Å². The van der Waals surface area contributed by atoms with Crippen LogP contribution >= 0.6 is 11.8 Å². The van der Waals surface area contributed by atoms with Gasteiger partial charge in [-0.15, -0.1) is 10.2 Å². The number of rotatable bonds is 8. The molecular weight excluding hydrogens is 448 g/mol. The molecule has 2 heterocycles. The van der Waals surface area contributed by atoms with Crippen LogP contribution in [0, 0.1) is 6.92 Å². The first-order chi connectivity index (χ1) is 16.5. The Morgan fingerprint density at radius 2 is 1.97 bits per heavy atom. The molecule has 0 N–H and O–H groups in total. The number of aryl methyl sites for hydroxylation is 1. The van der Waals surface area contributed by atoms with E-state index >= 15 is 0 Å². The monoisotopic (exact) mass is 478 g/mol. The van der Waals surface area contributed by atoms with Crippen LogP contribution in [0.4, 0.5) is 5.69 Å². The van der Waals surface area contributed by atoms with E-state index in [1.165, 1.54) is 26.2 Å². The molecule has 1 aliphatic rings. The Morgan fingerprint density at radius 1 is 1.15 bits per heavy atom. The lowest BCUT2D eigenvalue weighted by molar-refractivity contribution is -0.118. The lowest BCUT2D eigenvalue weighted by Gasteiger charge is -2.30. The fraction of sp³-hybridized carbons (Fsp3) is 0.385. The number of anilines is 1. The molecule has 0 saturated carbocycles. The van der Waals surface area contributed by atoms with Crippen molar-refractivity contribution in [1.29, 1.82) is 0 Å². The van der Waals surface area contributed by atoms with Gasteiger partial charge in [-0.05, 0) is 43.2 Å². The second-order valence-electron chi connectivity index (χ2n) is 8.26. The Balaban J connectivity index is 1.75. The van der Waals surface area contributed by atoms with Gasteiger partial charge in [-0.3, -0.25) is 9.69 Å². The maximum Gasteiger partial charge on any atom is 0.247 e. The molecule has 1 aliphatic heterocycles. The fourth-order valence-electron chi connectivity index (χ4n) is 4.08. The molecule has 1 unspecified atom stereocenters. The van der Waals surface area contributed by atoms with E-state index in [0.717, 1.165) is 34.6 Å². The number of methoxy groups -OCH3 is 1. The molecule has 178 valence electrons. The summed E-state index contributed by atoms with van der Waals surface area (Å²) in [6, 6.07) is 13.4. The van der Waals surface area contributed by atoms with Crippen LogP contribution in [-0.2, 0) is 4.79 Å². The van der Waals surface area contributed by atoms with Gasteiger partial charge < -0.3 is 9.47 Å². The van der Waals surface area contributed by atoms with Gasteiger partial charge in [0.1, 0.15) is 5.75 Å². The van der Waals surface area contributed by atoms with E-state index in [4.69, 9.17) is 14.5 Å². The van der Waals surface area contributed by atoms with E-state index in [9.17, 15) is 4.79 Å². The highest BCUT2D eigenvalue weighted by Crippen LogP contribution is 2.43. The minimum absolute atomic E-state index is 0.141. The zero-order valence-corrected chi connectivity index (χ0v) is 20.9. The van der Waals surface area contributed by atoms with E-state index in [1.807, 2.05) is 49.4 Å². The van der Waals surface area contributed by atoms with Gasteiger partial charge in [0.05, 0.1) is 12.8 Å². The van der Waals surface area contributed by atoms with Crippen molar-refractivity contribution in [3.63, 3.8) is 0 Å². The number of fused-ring (bicyclic) bond motifs is 3. The van der Waals surface area contributed by atoms with Crippen molar-refractivity contribution < 1.29 is 14.3 Å². The van der Waals surface area contributed by atoms with Crippen molar-refractivity contribution >= 4 is 23.4 Å². The Hall–Kier alpha value is -3.13. The summed E-state index contributed by atoms with van der Waals surface area (Å²) in [6.07, 6.45) is 4.03. The lowest BCUT2D eigenvalue weighted by Crippen LogP contribution is -2.36. The first-order valence-electron chi connectivity index (χ1n) is 11.6. The lowest BCUT2D eigenvalue weighted by atomic mass is 10.1. The van der Waals surface area contributed by atoms with Crippen LogP contribution < -0.4 is 14.4 Å². The third-order valence-corrected chi connectivity index (χ3v) is 6.71. The van der Waals surface area contributed by atoms with Gasteiger partial charge in [-0.25, -0.2) is 0 Å². The number of amides is 1. The number of benzene rings is 2. The maximum absolute atomic E-state index is 12.9. The Labute approximate surface area is 204 Å². The molecule has 0 saturated heterocycles. The maximum atomic E-state index is 12.9. The summed E-state index contributed by atoms with van der Waals surface area (Å²) in [5, 5.41) is 9.42. The first-order valence-corrected chi connectivity index (χ1v) is 12.6. The highest BCUT2D eigenvalue weighted by atomic mass is 32.2. The number of unbranched alkanes of at least 4 members (excludes halogenated alkanes) is 3. The SMILES string of the molecule is CCCCCCSc1nnc2c(n1)OC(c1ccc(OC)c(C)c1)N(C(C)=O)c1ccccc1-2. The number of ether oxygens (including phenoxy) is 2. The van der Waals surface area contributed by atoms with Crippen LogP contribution in [0.1, 0.15) is 56.9 Å². The van der Waals surface area contributed by atoms with E-state index in [2.05, 4.69) is 17.1 Å². The number of para-hydroxylation sites is 1. The third-order valence-electron chi connectivity index (χ3n) is 5.78. The largest absolute Gasteiger partial charge is 0.496 e. The van der Waals surface area contributed by atoms with Gasteiger partial charge in [0.2, 0.25) is 23.2 Å². The number of carbonyl (C=O) groups is 1. The molecule has 0 radical (unpaired) electrons. The van der Waals surface area contributed by atoms with E-state index in [1.54, 1.807) is 23.8 Å². The first kappa shape index (κ1) is 24.0. The van der Waals surface area contributed by atoms with E-state index in [0.29, 0.717) is 22.4 Å². The fourth-order valence-corrected chi connectivity index (χ4v) is 4.86. The van der Waals surface area contributed by atoms with Crippen molar-refractivity contribution in [1.82, 2.24) is 15.2 Å². The molecule has 3 aromatic rings. The summed E-state index contributed by atoms with van der Waals surface area (Å²) >= 11 is 1.58. The van der Waals surface area contributed by atoms with Crippen LogP contribution in [-0.4, -0.2) is 34.0 Å². The van der Waals surface area contributed by atoms with Crippen LogP contribution in [0.3, 0.4) is 0 Å². The normalized spacial score (nSPS) is 14.6. The number of hydrogen-bond acceptors (Lipinski definition) is 7. The molecular formula is C26H30N4O3S. The summed E-state index contributed by atoms with van der Waals surface area (Å²) in [7, 11) is 1.64. The Bertz CT molecular complexity index is 1170. The van der Waals surface area contributed by atoms with E-state index < -0.39 is 6.23 Å². The Kier molecular flexibility index (Phi) is 7.67. The van der Waals surface area contributed by atoms with Crippen molar-refractivity contribution in [3.05, 3.63) is 53.6 Å². The predicted molar refractivity (Wildman–Crippen MR) is 134 cm³/mol. The van der Waals surface area contributed by atoms with Gasteiger partial charge in [0, 0.05) is 23.8 Å². The highest BCUT2D eigenvalue weighted by molar-refractivity contribution is 7.99. The Morgan fingerprint density at radius 3 is 2.71 bits per heavy atom. The molecule has 0 fully saturated rings. The molecule has 34 heavy (non-hydrogen) atoms. The molecule has 8 heteroatoms. The average Bonchev–Trinajstić information content (AvgIpc) is 2.98. The zero-order chi connectivity index (χ0) is 24.1. The molecule has 0 aliphatic carbocycles. The predicted octanol–water partition coefficient (Wildman–Crippen LogP) is 5.97. The standard InChI is InChI=1S/C26H30N4O3S/c1-5-6-7-10-15-34-26-27-24-23(28-29-26)20-11-8-9-12-21(20)30(18(3)31)25(33-24)19-13-14-22(32-4)17(2)16-19/h8-9,11-14,16,25H,5-7,10,15H2,1-4H3. The summed E-state index contributed by atoms with van der Waals surface area (Å²) in [5.74, 6) is 1.94.